The number of nitrogens with zero attached hydrogens (tertiary/aromatic N) is 1. The van der Waals surface area contributed by atoms with Crippen LogP contribution in [0.1, 0.15) is 48.0 Å². The lowest BCUT2D eigenvalue weighted by molar-refractivity contribution is -0.117. The minimum absolute atomic E-state index is 0.0388. The van der Waals surface area contributed by atoms with Crippen LogP contribution in [0.3, 0.4) is 0 Å². The Balaban J connectivity index is 1.49. The van der Waals surface area contributed by atoms with Crippen molar-refractivity contribution in [1.82, 2.24) is 5.32 Å². The standard InChI is InChI=1S/C22H23ClN2O2/c23-18-10-9-16(14-19(18)25-13-4-8-20(25)26)21(27)24-15-22(11-5-12-22)17-6-2-1-3-7-17/h1-3,6-7,9-10,14H,4-5,8,11-13,15H2,(H,24,27). The predicted octanol–water partition coefficient (Wildman–Crippen LogP) is 4.32. The number of rotatable bonds is 5. The maximum absolute atomic E-state index is 12.8. The molecule has 2 aromatic rings. The van der Waals surface area contributed by atoms with E-state index in [0.717, 1.165) is 19.3 Å². The molecule has 2 aromatic carbocycles. The average Bonchev–Trinajstić information content (AvgIpc) is 3.08. The molecular formula is C22H23ClN2O2. The Labute approximate surface area is 164 Å². The second-order valence-electron chi connectivity index (χ2n) is 7.50. The Morgan fingerprint density at radius 2 is 1.89 bits per heavy atom. The summed E-state index contributed by atoms with van der Waals surface area (Å²) in [7, 11) is 0. The highest BCUT2D eigenvalue weighted by Gasteiger charge is 2.38. The maximum Gasteiger partial charge on any atom is 0.251 e. The normalized spacial score (nSPS) is 18.3. The van der Waals surface area contributed by atoms with E-state index in [0.29, 0.717) is 35.8 Å². The third kappa shape index (κ3) is 3.46. The van der Waals surface area contributed by atoms with Crippen molar-refractivity contribution in [3.05, 3.63) is 64.7 Å². The number of hydrogen-bond donors (Lipinski definition) is 1. The highest BCUT2D eigenvalue weighted by atomic mass is 35.5. The average molecular weight is 383 g/mol. The second-order valence-corrected chi connectivity index (χ2v) is 7.90. The first kappa shape index (κ1) is 18.1. The van der Waals surface area contributed by atoms with Gasteiger partial charge in [-0.3, -0.25) is 9.59 Å². The molecule has 1 aliphatic heterocycles. The van der Waals surface area contributed by atoms with Crippen molar-refractivity contribution in [2.24, 2.45) is 0 Å². The van der Waals surface area contributed by atoms with Gasteiger partial charge < -0.3 is 10.2 Å². The van der Waals surface area contributed by atoms with Crippen LogP contribution >= 0.6 is 11.6 Å². The predicted molar refractivity (Wildman–Crippen MR) is 107 cm³/mol. The number of amides is 2. The zero-order valence-corrected chi connectivity index (χ0v) is 16.0. The van der Waals surface area contributed by atoms with Crippen LogP contribution in [0, 0.1) is 0 Å². The first-order valence-corrected chi connectivity index (χ1v) is 9.91. The molecule has 1 aliphatic carbocycles. The number of benzene rings is 2. The van der Waals surface area contributed by atoms with Gasteiger partial charge in [-0.15, -0.1) is 0 Å². The molecule has 1 N–H and O–H groups in total. The molecule has 2 amide bonds. The summed E-state index contributed by atoms with van der Waals surface area (Å²) in [6.45, 7) is 1.27. The number of anilines is 1. The molecule has 2 aliphatic rings. The number of hydrogen-bond acceptors (Lipinski definition) is 2. The topological polar surface area (TPSA) is 49.4 Å². The van der Waals surface area contributed by atoms with Crippen molar-refractivity contribution in [2.45, 2.75) is 37.5 Å². The minimum atomic E-state index is -0.123. The van der Waals surface area contributed by atoms with Gasteiger partial charge in [0.05, 0.1) is 10.7 Å². The number of halogens is 1. The van der Waals surface area contributed by atoms with Crippen molar-refractivity contribution < 1.29 is 9.59 Å². The molecule has 0 spiro atoms. The monoisotopic (exact) mass is 382 g/mol. The quantitative estimate of drug-likeness (QED) is 0.837. The van der Waals surface area contributed by atoms with Gasteiger partial charge in [0.25, 0.3) is 5.91 Å². The largest absolute Gasteiger partial charge is 0.351 e. The highest BCUT2D eigenvalue weighted by Crippen LogP contribution is 2.43. The van der Waals surface area contributed by atoms with Crippen molar-refractivity contribution in [3.8, 4) is 0 Å². The van der Waals surface area contributed by atoms with Crippen LogP contribution in [0.2, 0.25) is 5.02 Å². The summed E-state index contributed by atoms with van der Waals surface area (Å²) in [6, 6.07) is 15.6. The molecule has 140 valence electrons. The first-order chi connectivity index (χ1) is 13.1. The molecule has 0 bridgehead atoms. The van der Waals surface area contributed by atoms with E-state index in [-0.39, 0.29) is 17.2 Å². The summed E-state index contributed by atoms with van der Waals surface area (Å²) in [6.07, 6.45) is 4.72. The zero-order chi connectivity index (χ0) is 18.9. The van der Waals surface area contributed by atoms with Gasteiger partial charge in [-0.05, 0) is 43.0 Å². The summed E-state index contributed by atoms with van der Waals surface area (Å²) in [5, 5.41) is 3.60. The van der Waals surface area contributed by atoms with Crippen LogP contribution in [-0.2, 0) is 10.2 Å². The minimum Gasteiger partial charge on any atom is -0.351 e. The van der Waals surface area contributed by atoms with Gasteiger partial charge in [0.2, 0.25) is 5.91 Å². The number of nitrogens with one attached hydrogen (secondary N) is 1. The Bertz CT molecular complexity index is 862. The Morgan fingerprint density at radius 3 is 2.52 bits per heavy atom. The maximum atomic E-state index is 12.8. The molecular weight excluding hydrogens is 360 g/mol. The van der Waals surface area contributed by atoms with E-state index in [9.17, 15) is 9.59 Å². The molecule has 4 rings (SSSR count). The molecule has 1 saturated heterocycles. The molecule has 0 radical (unpaired) electrons. The molecule has 2 fully saturated rings. The molecule has 0 aromatic heterocycles. The van der Waals surface area contributed by atoms with Crippen LogP contribution in [-0.4, -0.2) is 24.9 Å². The van der Waals surface area contributed by atoms with Crippen molar-refractivity contribution in [1.29, 1.82) is 0 Å². The van der Waals surface area contributed by atoms with Crippen LogP contribution in [0.5, 0.6) is 0 Å². The number of carbonyl (C=O) groups is 2. The number of carbonyl (C=O) groups excluding carboxylic acids is 2. The van der Waals surface area contributed by atoms with Gasteiger partial charge in [-0.1, -0.05) is 48.4 Å². The van der Waals surface area contributed by atoms with Crippen molar-refractivity contribution >= 4 is 29.1 Å². The summed E-state index contributed by atoms with van der Waals surface area (Å²) in [5.74, 6) is -0.0614. The molecule has 5 heteroatoms. The fourth-order valence-corrected chi connectivity index (χ4v) is 4.30. The zero-order valence-electron chi connectivity index (χ0n) is 15.2. The Morgan fingerprint density at radius 1 is 1.11 bits per heavy atom. The van der Waals surface area contributed by atoms with Gasteiger partial charge in [-0.25, -0.2) is 0 Å². The van der Waals surface area contributed by atoms with E-state index < -0.39 is 0 Å². The summed E-state index contributed by atoms with van der Waals surface area (Å²) in [4.78, 5) is 26.5. The lowest BCUT2D eigenvalue weighted by Crippen LogP contribution is -2.45. The third-order valence-corrected chi connectivity index (χ3v) is 6.18. The van der Waals surface area contributed by atoms with E-state index in [2.05, 4.69) is 29.6 Å². The van der Waals surface area contributed by atoms with E-state index in [1.54, 1.807) is 23.1 Å². The lowest BCUT2D eigenvalue weighted by Gasteiger charge is -2.42. The van der Waals surface area contributed by atoms with Gasteiger partial charge in [0.1, 0.15) is 0 Å². The smallest absolute Gasteiger partial charge is 0.251 e. The van der Waals surface area contributed by atoms with Gasteiger partial charge >= 0.3 is 0 Å². The van der Waals surface area contributed by atoms with E-state index in [4.69, 9.17) is 11.6 Å². The molecule has 0 atom stereocenters. The summed E-state index contributed by atoms with van der Waals surface area (Å²) in [5.41, 5.74) is 2.50. The van der Waals surface area contributed by atoms with E-state index >= 15 is 0 Å². The van der Waals surface area contributed by atoms with Gasteiger partial charge in [0, 0.05) is 30.5 Å². The lowest BCUT2D eigenvalue weighted by atomic mass is 9.64. The molecule has 1 heterocycles. The third-order valence-electron chi connectivity index (χ3n) is 5.86. The summed E-state index contributed by atoms with van der Waals surface area (Å²) < 4.78 is 0. The van der Waals surface area contributed by atoms with E-state index in [1.165, 1.54) is 12.0 Å². The van der Waals surface area contributed by atoms with Crippen LogP contribution in [0.15, 0.2) is 48.5 Å². The van der Waals surface area contributed by atoms with Crippen LogP contribution in [0.25, 0.3) is 0 Å². The van der Waals surface area contributed by atoms with Crippen molar-refractivity contribution in [3.63, 3.8) is 0 Å². The SMILES string of the molecule is O=C(NCC1(c2ccccc2)CCC1)c1ccc(Cl)c(N2CCCC2=O)c1. The fraction of sp³-hybridized carbons (Fsp3) is 0.364. The Kier molecular flexibility index (Phi) is 4.92. The van der Waals surface area contributed by atoms with Gasteiger partial charge in [0.15, 0.2) is 0 Å². The van der Waals surface area contributed by atoms with E-state index in [1.807, 2.05) is 6.07 Å². The second kappa shape index (κ2) is 7.35. The molecule has 1 saturated carbocycles. The fourth-order valence-electron chi connectivity index (χ4n) is 4.08. The van der Waals surface area contributed by atoms with Crippen molar-refractivity contribution in [2.75, 3.05) is 18.0 Å². The molecule has 0 unspecified atom stereocenters. The van der Waals surface area contributed by atoms with Crippen LogP contribution in [0.4, 0.5) is 5.69 Å². The highest BCUT2D eigenvalue weighted by molar-refractivity contribution is 6.34. The first-order valence-electron chi connectivity index (χ1n) is 9.53. The Hall–Kier alpha value is -2.33. The van der Waals surface area contributed by atoms with Crippen LogP contribution < -0.4 is 10.2 Å². The summed E-state index contributed by atoms with van der Waals surface area (Å²) >= 11 is 6.28. The molecule has 4 nitrogen and oxygen atoms in total. The van der Waals surface area contributed by atoms with Gasteiger partial charge in [-0.2, -0.15) is 0 Å². The molecule has 27 heavy (non-hydrogen) atoms.